The number of nitro groups is 1. The molecule has 1 heterocycles. The molecule has 2 aromatic rings. The zero-order chi connectivity index (χ0) is 17.9. The van der Waals surface area contributed by atoms with Crippen molar-refractivity contribution in [2.75, 3.05) is 0 Å². The van der Waals surface area contributed by atoms with Crippen LogP contribution in [-0.4, -0.2) is 21.0 Å². The van der Waals surface area contributed by atoms with Gasteiger partial charge < -0.3 is 0 Å². The number of nitrogens with zero attached hydrogens (tertiary/aromatic N) is 2. The Morgan fingerprint density at radius 1 is 1.29 bits per heavy atom. The van der Waals surface area contributed by atoms with E-state index >= 15 is 0 Å². The van der Waals surface area contributed by atoms with Gasteiger partial charge in [-0.2, -0.15) is 5.10 Å². The summed E-state index contributed by atoms with van der Waals surface area (Å²) in [6.07, 6.45) is 0. The summed E-state index contributed by atoms with van der Waals surface area (Å²) in [5, 5.41) is 17.6. The maximum Gasteiger partial charge on any atom is 0.290 e. The molecule has 0 unspecified atom stereocenters. The quantitative estimate of drug-likeness (QED) is 0.576. The van der Waals surface area contributed by atoms with Gasteiger partial charge in [0.2, 0.25) is 0 Å². The highest BCUT2D eigenvalue weighted by molar-refractivity contribution is 5.92. The largest absolute Gasteiger partial charge is 0.298 e. The molecule has 0 saturated carbocycles. The molecule has 8 heteroatoms. The highest BCUT2D eigenvalue weighted by Gasteiger charge is 2.19. The van der Waals surface area contributed by atoms with E-state index in [0.717, 1.165) is 5.69 Å². The van der Waals surface area contributed by atoms with E-state index in [0.29, 0.717) is 11.3 Å². The van der Waals surface area contributed by atoms with Gasteiger partial charge in [0.1, 0.15) is 0 Å². The van der Waals surface area contributed by atoms with Crippen molar-refractivity contribution in [2.45, 2.75) is 26.2 Å². The molecule has 0 atom stereocenters. The number of non-ortho nitro benzene ring substituents is 1. The Morgan fingerprint density at radius 2 is 2.00 bits per heavy atom. The lowest BCUT2D eigenvalue weighted by molar-refractivity contribution is -0.384. The lowest BCUT2D eigenvalue weighted by Gasteiger charge is -2.14. The number of amides is 1. The van der Waals surface area contributed by atoms with Crippen LogP contribution in [0.3, 0.4) is 0 Å². The number of hydrogen-bond acceptors (Lipinski definition) is 5. The molecule has 1 aromatic heterocycles. The molecular weight excluding hydrogens is 310 g/mol. The number of aromatic amines is 1. The van der Waals surface area contributed by atoms with Gasteiger partial charge in [0.25, 0.3) is 11.6 Å². The Balaban J connectivity index is 2.01. The normalized spacial score (nSPS) is 11.0. The molecule has 0 aliphatic heterocycles. The monoisotopic (exact) mass is 329 g/mol. The Kier molecular flexibility index (Phi) is 4.68. The molecule has 0 bridgehead atoms. The molecule has 0 spiro atoms. The predicted octanol–water partition coefficient (Wildman–Crippen LogP) is 2.52. The van der Waals surface area contributed by atoms with Crippen molar-refractivity contribution in [2.24, 2.45) is 0 Å². The van der Waals surface area contributed by atoms with Crippen LogP contribution in [0.4, 0.5) is 5.69 Å². The van der Waals surface area contributed by atoms with Crippen molar-refractivity contribution < 1.29 is 9.72 Å². The van der Waals surface area contributed by atoms with Crippen LogP contribution in [0.2, 0.25) is 0 Å². The van der Waals surface area contributed by atoms with Crippen LogP contribution in [0, 0.1) is 10.1 Å². The Labute approximate surface area is 139 Å². The maximum absolute atomic E-state index is 12.1. The molecule has 24 heavy (non-hydrogen) atoms. The topological polar surface area (TPSA) is 113 Å². The molecule has 3 N–H and O–H groups in total. The van der Waals surface area contributed by atoms with E-state index in [1.807, 2.05) is 20.8 Å². The zero-order valence-electron chi connectivity index (χ0n) is 13.7. The molecule has 2 rings (SSSR count). The molecule has 0 aliphatic rings. The Morgan fingerprint density at radius 3 is 2.58 bits per heavy atom. The van der Waals surface area contributed by atoms with Crippen LogP contribution < -0.4 is 10.9 Å². The first-order valence-corrected chi connectivity index (χ1v) is 7.24. The molecule has 0 saturated heterocycles. The van der Waals surface area contributed by atoms with E-state index in [-0.39, 0.29) is 16.8 Å². The van der Waals surface area contributed by atoms with Crippen molar-refractivity contribution in [3.8, 4) is 0 Å². The van der Waals surface area contributed by atoms with Gasteiger partial charge in [0.15, 0.2) is 5.69 Å². The van der Waals surface area contributed by atoms with Gasteiger partial charge in [-0.05, 0) is 6.07 Å². The number of hydrogen-bond donors (Lipinski definition) is 3. The summed E-state index contributed by atoms with van der Waals surface area (Å²) in [6.45, 7) is 9.77. The summed E-state index contributed by atoms with van der Waals surface area (Å²) in [6, 6.07) is 7.63. The molecule has 0 radical (unpaired) electrons. The third-order valence-corrected chi connectivity index (χ3v) is 3.35. The molecule has 1 aromatic carbocycles. The van der Waals surface area contributed by atoms with Crippen molar-refractivity contribution in [1.29, 1.82) is 0 Å². The number of carbonyl (C=O) groups excluding carboxylic acids is 1. The number of nitrogens with one attached hydrogen (secondary N) is 3. The maximum atomic E-state index is 12.1. The second kappa shape index (κ2) is 6.53. The molecule has 0 fully saturated rings. The summed E-state index contributed by atoms with van der Waals surface area (Å²) >= 11 is 0. The number of H-pyrrole nitrogens is 1. The summed E-state index contributed by atoms with van der Waals surface area (Å²) in [7, 11) is 0. The van der Waals surface area contributed by atoms with Crippen LogP contribution in [0.15, 0.2) is 36.9 Å². The molecule has 1 amide bonds. The molecule has 126 valence electrons. The summed E-state index contributed by atoms with van der Waals surface area (Å²) < 4.78 is 0. The fourth-order valence-electron chi connectivity index (χ4n) is 1.90. The Hall–Kier alpha value is -3.16. The fraction of sp³-hybridized carbons (Fsp3) is 0.250. The number of carbonyl (C=O) groups is 1. The van der Waals surface area contributed by atoms with Crippen LogP contribution in [-0.2, 0) is 5.41 Å². The van der Waals surface area contributed by atoms with E-state index in [1.54, 1.807) is 18.2 Å². The van der Waals surface area contributed by atoms with Gasteiger partial charge in [-0.25, -0.2) is 0 Å². The lowest BCUT2D eigenvalue weighted by atomic mass is 9.92. The highest BCUT2D eigenvalue weighted by atomic mass is 16.6. The van der Waals surface area contributed by atoms with Gasteiger partial charge in [-0.15, -0.1) is 0 Å². The minimum absolute atomic E-state index is 0.0519. The SMILES string of the molecule is C=C(NNC(=O)c1cc(C(C)(C)C)[nH]n1)c1cccc([N+](=O)[O-])c1. The third-order valence-electron chi connectivity index (χ3n) is 3.35. The standard InChI is InChI=1S/C16H19N5O3/c1-10(11-6-5-7-12(8-11)21(23)24)17-20-15(22)13-9-14(19-18-13)16(2,3)4/h5-9,17H,1H2,2-4H3,(H,18,19)(H,20,22). The van der Waals surface area contributed by atoms with E-state index < -0.39 is 10.8 Å². The van der Waals surface area contributed by atoms with Crippen molar-refractivity contribution in [1.82, 2.24) is 21.0 Å². The summed E-state index contributed by atoms with van der Waals surface area (Å²) in [5.74, 6) is -0.437. The highest BCUT2D eigenvalue weighted by Crippen LogP contribution is 2.20. The second-order valence-corrected chi connectivity index (χ2v) is 6.28. The lowest BCUT2D eigenvalue weighted by Crippen LogP contribution is -2.36. The van der Waals surface area contributed by atoms with Crippen LogP contribution in [0.1, 0.15) is 42.5 Å². The number of benzene rings is 1. The Bertz CT molecular complexity index is 789. The van der Waals surface area contributed by atoms with E-state index in [4.69, 9.17) is 0 Å². The van der Waals surface area contributed by atoms with E-state index in [1.165, 1.54) is 12.1 Å². The van der Waals surface area contributed by atoms with Gasteiger partial charge >= 0.3 is 0 Å². The van der Waals surface area contributed by atoms with Gasteiger partial charge in [-0.3, -0.25) is 30.9 Å². The van der Waals surface area contributed by atoms with E-state index in [9.17, 15) is 14.9 Å². The van der Waals surface area contributed by atoms with Crippen molar-refractivity contribution in [3.05, 3.63) is 64.0 Å². The van der Waals surface area contributed by atoms with Crippen LogP contribution in [0.5, 0.6) is 0 Å². The summed E-state index contributed by atoms with van der Waals surface area (Å²) in [4.78, 5) is 22.4. The summed E-state index contributed by atoms with van der Waals surface area (Å²) in [5.41, 5.74) is 6.82. The van der Waals surface area contributed by atoms with E-state index in [2.05, 4.69) is 27.6 Å². The van der Waals surface area contributed by atoms with Crippen molar-refractivity contribution >= 4 is 17.3 Å². The first-order valence-electron chi connectivity index (χ1n) is 7.24. The number of rotatable bonds is 5. The number of hydrazine groups is 1. The smallest absolute Gasteiger partial charge is 0.290 e. The second-order valence-electron chi connectivity index (χ2n) is 6.28. The average molecular weight is 329 g/mol. The fourth-order valence-corrected chi connectivity index (χ4v) is 1.90. The first kappa shape index (κ1) is 17.2. The first-order chi connectivity index (χ1) is 11.2. The van der Waals surface area contributed by atoms with Crippen LogP contribution >= 0.6 is 0 Å². The predicted molar refractivity (Wildman–Crippen MR) is 90.0 cm³/mol. The molecule has 8 nitrogen and oxygen atoms in total. The average Bonchev–Trinajstić information content (AvgIpc) is 3.02. The minimum atomic E-state index is -0.493. The molecular formula is C16H19N5O3. The van der Waals surface area contributed by atoms with Gasteiger partial charge in [0, 0.05) is 28.8 Å². The number of nitro benzene ring substituents is 1. The van der Waals surface area contributed by atoms with Gasteiger partial charge in [0.05, 0.1) is 10.6 Å². The van der Waals surface area contributed by atoms with Crippen molar-refractivity contribution in [3.63, 3.8) is 0 Å². The minimum Gasteiger partial charge on any atom is -0.298 e. The van der Waals surface area contributed by atoms with Crippen LogP contribution in [0.25, 0.3) is 5.70 Å². The number of aromatic nitrogens is 2. The molecule has 0 aliphatic carbocycles. The zero-order valence-corrected chi connectivity index (χ0v) is 13.7. The third kappa shape index (κ3) is 3.97. The van der Waals surface area contributed by atoms with Gasteiger partial charge in [-0.1, -0.05) is 39.5 Å².